The van der Waals surface area contributed by atoms with E-state index in [1.54, 1.807) is 23.9 Å². The number of hydrogen-bond acceptors (Lipinski definition) is 4. The van der Waals surface area contributed by atoms with Crippen LogP contribution in [0.15, 0.2) is 34.1 Å². The van der Waals surface area contributed by atoms with E-state index in [2.05, 4.69) is 15.4 Å². The SMILES string of the molecule is Cc1cc(C)c(CNC(=O)c2cc(S(=O)O)cc3c2cnn3C(C)C)c(=O)[nH]1. The first-order chi connectivity index (χ1) is 13.2. The van der Waals surface area contributed by atoms with Gasteiger partial charge in [-0.1, -0.05) is 0 Å². The fourth-order valence-corrected chi connectivity index (χ4v) is 3.62. The molecular formula is C19H22N4O4S. The third kappa shape index (κ3) is 3.76. The molecule has 1 aromatic carbocycles. The molecule has 0 aliphatic carbocycles. The van der Waals surface area contributed by atoms with Gasteiger partial charge in [-0.05, 0) is 51.5 Å². The van der Waals surface area contributed by atoms with Crippen molar-refractivity contribution in [1.29, 1.82) is 0 Å². The molecule has 8 nitrogen and oxygen atoms in total. The lowest BCUT2D eigenvalue weighted by Gasteiger charge is -2.11. The minimum absolute atomic E-state index is 0.0181. The maximum Gasteiger partial charge on any atom is 0.253 e. The molecule has 9 heteroatoms. The highest BCUT2D eigenvalue weighted by atomic mass is 32.2. The number of nitrogens with zero attached hydrogens (tertiary/aromatic N) is 2. The number of nitrogens with one attached hydrogen (secondary N) is 2. The number of aryl methyl sites for hydroxylation is 2. The van der Waals surface area contributed by atoms with Crippen molar-refractivity contribution in [3.05, 3.63) is 57.1 Å². The number of benzene rings is 1. The van der Waals surface area contributed by atoms with Crippen molar-refractivity contribution in [2.45, 2.75) is 45.2 Å². The molecule has 3 rings (SSSR count). The summed E-state index contributed by atoms with van der Waals surface area (Å²) in [7, 11) is 0. The molecule has 0 radical (unpaired) electrons. The van der Waals surface area contributed by atoms with Crippen LogP contribution in [0.5, 0.6) is 0 Å². The second-order valence-corrected chi connectivity index (χ2v) is 7.93. The molecule has 1 amide bonds. The molecule has 0 saturated heterocycles. The number of fused-ring (bicyclic) bond motifs is 1. The molecule has 0 aliphatic heterocycles. The van der Waals surface area contributed by atoms with Gasteiger partial charge in [-0.15, -0.1) is 0 Å². The first-order valence-corrected chi connectivity index (χ1v) is 9.89. The Morgan fingerprint density at radius 2 is 2.04 bits per heavy atom. The average Bonchev–Trinajstić information content (AvgIpc) is 3.03. The molecule has 3 aromatic rings. The summed E-state index contributed by atoms with van der Waals surface area (Å²) in [5, 5.41) is 7.61. The Morgan fingerprint density at radius 1 is 1.32 bits per heavy atom. The van der Waals surface area contributed by atoms with Crippen LogP contribution in [-0.4, -0.2) is 29.4 Å². The van der Waals surface area contributed by atoms with E-state index in [9.17, 15) is 18.4 Å². The summed E-state index contributed by atoms with van der Waals surface area (Å²) in [5.74, 6) is -0.444. The minimum atomic E-state index is -2.24. The Hall–Kier alpha value is -2.78. The quantitative estimate of drug-likeness (QED) is 0.567. The van der Waals surface area contributed by atoms with Crippen molar-refractivity contribution in [1.82, 2.24) is 20.1 Å². The topological polar surface area (TPSA) is 117 Å². The zero-order valence-corrected chi connectivity index (χ0v) is 16.9. The van der Waals surface area contributed by atoms with E-state index in [1.165, 1.54) is 6.07 Å². The predicted octanol–water partition coefficient (Wildman–Crippen LogP) is 2.43. The summed E-state index contributed by atoms with van der Waals surface area (Å²) in [6.45, 7) is 7.51. The molecule has 2 heterocycles. The lowest BCUT2D eigenvalue weighted by Crippen LogP contribution is -2.28. The molecule has 28 heavy (non-hydrogen) atoms. The van der Waals surface area contributed by atoms with E-state index >= 15 is 0 Å². The highest BCUT2D eigenvalue weighted by Gasteiger charge is 2.18. The van der Waals surface area contributed by atoms with Crippen LogP contribution >= 0.6 is 0 Å². The van der Waals surface area contributed by atoms with Gasteiger partial charge >= 0.3 is 0 Å². The van der Waals surface area contributed by atoms with Gasteiger partial charge in [0, 0.05) is 29.2 Å². The number of hydrogen-bond donors (Lipinski definition) is 3. The van der Waals surface area contributed by atoms with Crippen LogP contribution in [0.1, 0.15) is 47.1 Å². The lowest BCUT2D eigenvalue weighted by atomic mass is 10.1. The van der Waals surface area contributed by atoms with Crippen LogP contribution in [0.25, 0.3) is 10.9 Å². The zero-order chi connectivity index (χ0) is 20.6. The van der Waals surface area contributed by atoms with E-state index < -0.39 is 17.0 Å². The van der Waals surface area contributed by atoms with Gasteiger partial charge in [0.2, 0.25) is 0 Å². The van der Waals surface area contributed by atoms with Crippen molar-refractivity contribution in [3.63, 3.8) is 0 Å². The van der Waals surface area contributed by atoms with Crippen LogP contribution in [0.2, 0.25) is 0 Å². The minimum Gasteiger partial charge on any atom is -0.348 e. The van der Waals surface area contributed by atoms with Crippen LogP contribution in [-0.2, 0) is 17.6 Å². The fraction of sp³-hybridized carbons (Fsp3) is 0.316. The van der Waals surface area contributed by atoms with Crippen molar-refractivity contribution >= 4 is 27.9 Å². The lowest BCUT2D eigenvalue weighted by molar-refractivity contribution is 0.0952. The molecule has 0 aliphatic rings. The van der Waals surface area contributed by atoms with Gasteiger partial charge in [0.05, 0.1) is 22.2 Å². The molecule has 0 spiro atoms. The van der Waals surface area contributed by atoms with E-state index in [0.29, 0.717) is 16.5 Å². The fourth-order valence-electron chi connectivity index (χ4n) is 3.18. The Labute approximate surface area is 164 Å². The van der Waals surface area contributed by atoms with Gasteiger partial charge in [0.25, 0.3) is 11.5 Å². The summed E-state index contributed by atoms with van der Waals surface area (Å²) in [6.07, 6.45) is 1.57. The predicted molar refractivity (Wildman–Crippen MR) is 107 cm³/mol. The smallest absolute Gasteiger partial charge is 0.253 e. The Balaban J connectivity index is 2.00. The maximum absolute atomic E-state index is 12.8. The van der Waals surface area contributed by atoms with Crippen LogP contribution in [0.3, 0.4) is 0 Å². The summed E-state index contributed by atoms with van der Waals surface area (Å²) >= 11 is -2.24. The Bertz CT molecular complexity index is 1150. The number of amides is 1. The van der Waals surface area contributed by atoms with Gasteiger partial charge < -0.3 is 14.9 Å². The molecule has 0 bridgehead atoms. The molecule has 148 valence electrons. The second-order valence-electron chi connectivity index (χ2n) is 6.96. The largest absolute Gasteiger partial charge is 0.348 e. The van der Waals surface area contributed by atoms with Gasteiger partial charge in [-0.25, -0.2) is 4.21 Å². The Morgan fingerprint density at radius 3 is 2.64 bits per heavy atom. The van der Waals surface area contributed by atoms with Crippen molar-refractivity contribution < 1.29 is 13.6 Å². The van der Waals surface area contributed by atoms with Crippen LogP contribution < -0.4 is 10.9 Å². The number of rotatable bonds is 5. The van der Waals surface area contributed by atoms with Crippen LogP contribution in [0.4, 0.5) is 0 Å². The van der Waals surface area contributed by atoms with E-state index in [0.717, 1.165) is 11.3 Å². The highest BCUT2D eigenvalue weighted by molar-refractivity contribution is 7.79. The van der Waals surface area contributed by atoms with Gasteiger partial charge in [0.15, 0.2) is 11.1 Å². The van der Waals surface area contributed by atoms with E-state index in [1.807, 2.05) is 26.8 Å². The standard InChI is InChI=1S/C19H22N4O4S/c1-10(2)23-17-7-13(28(26)27)6-14(16(17)9-21-23)18(24)20-8-15-11(3)5-12(4)22-19(15)25/h5-7,9-10H,8H2,1-4H3,(H,20,24)(H,22,25)(H,26,27). The van der Waals surface area contributed by atoms with Gasteiger partial charge in [0.1, 0.15) is 0 Å². The normalized spacial score (nSPS) is 12.5. The van der Waals surface area contributed by atoms with E-state index in [4.69, 9.17) is 0 Å². The van der Waals surface area contributed by atoms with Crippen molar-refractivity contribution in [2.75, 3.05) is 0 Å². The molecule has 0 saturated carbocycles. The monoisotopic (exact) mass is 402 g/mol. The number of H-pyrrole nitrogens is 1. The van der Waals surface area contributed by atoms with Crippen molar-refractivity contribution in [2.24, 2.45) is 0 Å². The van der Waals surface area contributed by atoms with Crippen LogP contribution in [0, 0.1) is 13.8 Å². The highest BCUT2D eigenvalue weighted by Crippen LogP contribution is 2.25. The van der Waals surface area contributed by atoms with Crippen molar-refractivity contribution in [3.8, 4) is 0 Å². The number of aromatic amines is 1. The number of aromatic nitrogens is 3. The first kappa shape index (κ1) is 20.0. The summed E-state index contributed by atoms with van der Waals surface area (Å²) in [6, 6.07) is 4.80. The van der Waals surface area contributed by atoms with Gasteiger partial charge in [-0.2, -0.15) is 5.10 Å². The molecule has 1 unspecified atom stereocenters. The maximum atomic E-state index is 12.8. The summed E-state index contributed by atoms with van der Waals surface area (Å²) in [4.78, 5) is 27.8. The Kier molecular flexibility index (Phi) is 5.48. The molecule has 1 atom stereocenters. The summed E-state index contributed by atoms with van der Waals surface area (Å²) < 4.78 is 22.8. The first-order valence-electron chi connectivity index (χ1n) is 8.78. The second kappa shape index (κ2) is 7.69. The molecule has 0 fully saturated rings. The average molecular weight is 402 g/mol. The third-order valence-electron chi connectivity index (χ3n) is 4.54. The number of pyridine rings is 1. The zero-order valence-electron chi connectivity index (χ0n) is 16.1. The summed E-state index contributed by atoms with van der Waals surface area (Å²) in [5.41, 5.74) is 2.59. The van der Waals surface area contributed by atoms with E-state index in [-0.39, 0.29) is 28.6 Å². The molecular weight excluding hydrogens is 380 g/mol. The number of carbonyl (C=O) groups excluding carboxylic acids is 1. The third-order valence-corrected chi connectivity index (χ3v) is 5.18. The molecule has 3 N–H and O–H groups in total. The molecule has 2 aromatic heterocycles. The number of carbonyl (C=O) groups is 1. The van der Waals surface area contributed by atoms with Gasteiger partial charge in [-0.3, -0.25) is 14.3 Å².